The molecule has 0 aliphatic carbocycles. The Kier molecular flexibility index (Phi) is 10.0. The molecule has 0 amide bonds. The summed E-state index contributed by atoms with van der Waals surface area (Å²) >= 11 is 9.93. The first-order valence-electron chi connectivity index (χ1n) is 11.5. The van der Waals surface area contributed by atoms with Crippen LogP contribution in [0.25, 0.3) is 0 Å². The van der Waals surface area contributed by atoms with Gasteiger partial charge >= 0.3 is 0 Å². The molecular weight excluding hydrogens is 624 g/mol. The smallest absolute Gasteiger partial charge is 0.213 e. The fourth-order valence-electron chi connectivity index (χ4n) is 3.84. The van der Waals surface area contributed by atoms with Crippen molar-refractivity contribution in [2.24, 2.45) is 0 Å². The van der Waals surface area contributed by atoms with E-state index in [4.69, 9.17) is 0 Å². The number of ketones is 1. The minimum absolute atomic E-state index is 0.00128. The molecule has 0 bridgehead atoms. The van der Waals surface area contributed by atoms with Crippen LogP contribution in [0.2, 0.25) is 0 Å². The molecule has 2 unspecified atom stereocenters. The van der Waals surface area contributed by atoms with Crippen LogP contribution in [0.5, 0.6) is 0 Å². The van der Waals surface area contributed by atoms with E-state index in [1.54, 1.807) is 0 Å². The molecule has 188 valence electrons. The average Bonchev–Trinajstić information content (AvgIpc) is 3.46. The minimum atomic E-state index is -0.758. The molecule has 0 radical (unpaired) electrons. The van der Waals surface area contributed by atoms with Gasteiger partial charge in [-0.15, -0.1) is 22.7 Å². The zero-order valence-corrected chi connectivity index (χ0v) is 24.1. The highest BCUT2D eigenvalue weighted by Gasteiger charge is 2.22. The number of hydrogen-bond donors (Lipinski definition) is 4. The van der Waals surface area contributed by atoms with E-state index in [0.717, 1.165) is 29.8 Å². The highest BCUT2D eigenvalue weighted by molar-refractivity contribution is 9.11. The molecule has 4 aromatic rings. The molecule has 0 saturated carbocycles. The molecule has 4 rings (SSSR count). The van der Waals surface area contributed by atoms with Gasteiger partial charge < -0.3 is 10.2 Å². The lowest BCUT2D eigenvalue weighted by atomic mass is 10.1. The van der Waals surface area contributed by atoms with Crippen molar-refractivity contribution in [3.8, 4) is 0 Å². The number of aliphatic hydroxyl groups excluding tert-OH is 2. The van der Waals surface area contributed by atoms with Crippen molar-refractivity contribution in [3.05, 3.63) is 112 Å². The molecule has 0 saturated heterocycles. The van der Waals surface area contributed by atoms with E-state index < -0.39 is 12.5 Å². The molecule has 2 aromatic heterocycles. The highest BCUT2D eigenvalue weighted by Crippen LogP contribution is 2.35. The maximum absolute atomic E-state index is 13.6. The quantitative estimate of drug-likeness (QED) is 0.108. The van der Waals surface area contributed by atoms with Crippen LogP contribution in [0.4, 0.5) is 0 Å². The van der Waals surface area contributed by atoms with Crippen LogP contribution in [-0.2, 0) is 12.8 Å². The van der Waals surface area contributed by atoms with E-state index in [1.807, 2.05) is 72.8 Å². The lowest BCUT2D eigenvalue weighted by molar-refractivity contribution is 0.104. The maximum atomic E-state index is 13.6. The number of benzene rings is 2. The van der Waals surface area contributed by atoms with Gasteiger partial charge in [0.1, 0.15) is 12.5 Å². The molecule has 9 heteroatoms. The minimum Gasteiger partial charge on any atom is -0.374 e. The predicted molar refractivity (Wildman–Crippen MR) is 154 cm³/mol. The van der Waals surface area contributed by atoms with Gasteiger partial charge in [-0.25, -0.2) is 0 Å². The molecule has 2 aromatic carbocycles. The van der Waals surface area contributed by atoms with Gasteiger partial charge in [-0.3, -0.25) is 15.4 Å². The number of thiophene rings is 2. The largest absolute Gasteiger partial charge is 0.374 e. The topological polar surface area (TPSA) is 81.6 Å². The Morgan fingerprint density at radius 3 is 1.50 bits per heavy atom. The Hall–Kier alpha value is -1.69. The van der Waals surface area contributed by atoms with Gasteiger partial charge in [0.05, 0.1) is 17.3 Å². The van der Waals surface area contributed by atoms with Gasteiger partial charge in [0.25, 0.3) is 0 Å². The summed E-state index contributed by atoms with van der Waals surface area (Å²) in [5.41, 5.74) is 3.49. The molecule has 2 atom stereocenters. The van der Waals surface area contributed by atoms with Crippen LogP contribution in [0.1, 0.15) is 49.3 Å². The molecule has 5 nitrogen and oxygen atoms in total. The lowest BCUT2D eigenvalue weighted by Gasteiger charge is -2.13. The van der Waals surface area contributed by atoms with Crippen molar-refractivity contribution in [2.75, 3.05) is 13.1 Å². The Labute approximate surface area is 235 Å². The number of halogens is 2. The Morgan fingerprint density at radius 2 is 1.11 bits per heavy atom. The lowest BCUT2D eigenvalue weighted by Crippen LogP contribution is -2.24. The monoisotopic (exact) mass is 648 g/mol. The summed E-state index contributed by atoms with van der Waals surface area (Å²) in [6.07, 6.45) is -0.295. The zero-order chi connectivity index (χ0) is 25.5. The number of carbonyl (C=O) groups excluding carboxylic acids is 1. The highest BCUT2D eigenvalue weighted by atomic mass is 79.9. The Balaban J connectivity index is 1.40. The van der Waals surface area contributed by atoms with E-state index in [1.165, 1.54) is 22.7 Å². The van der Waals surface area contributed by atoms with E-state index >= 15 is 0 Å². The van der Waals surface area contributed by atoms with Crippen LogP contribution >= 0.6 is 54.5 Å². The van der Waals surface area contributed by atoms with Crippen LogP contribution in [-0.4, -0.2) is 29.1 Å². The number of hydrogen-bond acceptors (Lipinski definition) is 7. The fourth-order valence-corrected chi connectivity index (χ4v) is 7.20. The summed E-state index contributed by atoms with van der Waals surface area (Å²) in [6.45, 7) is 1.06. The molecular formula is C27H26Br2N2O3S2. The Morgan fingerprint density at radius 1 is 0.722 bits per heavy atom. The van der Waals surface area contributed by atoms with Crippen LogP contribution in [0, 0.1) is 0 Å². The van der Waals surface area contributed by atoms with Crippen molar-refractivity contribution in [1.82, 2.24) is 10.6 Å². The number of carbonyl (C=O) groups is 1. The SMILES string of the molecule is O=C(c1sc(Br)cc1CCNC(O)c1ccccc1)c1sc(Br)cc1CCNC(O)c1ccccc1. The summed E-state index contributed by atoms with van der Waals surface area (Å²) in [4.78, 5) is 15.0. The Bertz CT molecular complexity index is 1180. The van der Waals surface area contributed by atoms with Gasteiger partial charge in [0, 0.05) is 13.1 Å². The van der Waals surface area contributed by atoms with Crippen molar-refractivity contribution >= 4 is 60.3 Å². The van der Waals surface area contributed by atoms with Crippen molar-refractivity contribution < 1.29 is 15.0 Å². The molecule has 0 spiro atoms. The van der Waals surface area contributed by atoms with Gasteiger partial charge in [-0.05, 0) is 79.1 Å². The summed E-state index contributed by atoms with van der Waals surface area (Å²) < 4.78 is 1.79. The number of rotatable bonds is 12. The summed E-state index contributed by atoms with van der Waals surface area (Å²) in [7, 11) is 0. The third kappa shape index (κ3) is 7.20. The van der Waals surface area contributed by atoms with Crippen LogP contribution in [0.3, 0.4) is 0 Å². The average molecular weight is 650 g/mol. The normalized spacial score (nSPS) is 13.0. The predicted octanol–water partition coefficient (Wildman–Crippen LogP) is 6.21. The van der Waals surface area contributed by atoms with Gasteiger partial charge in [-0.1, -0.05) is 60.7 Å². The van der Waals surface area contributed by atoms with Crippen molar-refractivity contribution in [2.45, 2.75) is 25.3 Å². The first kappa shape index (κ1) is 27.3. The first-order valence-corrected chi connectivity index (χ1v) is 14.7. The summed E-state index contributed by atoms with van der Waals surface area (Å²) in [5.74, 6) is -0.00128. The van der Waals surface area contributed by atoms with E-state index in [9.17, 15) is 15.0 Å². The standard InChI is InChI=1S/C27H26Br2N2O3S2/c28-21-15-19(11-13-30-26(33)17-7-3-1-4-8-17)24(35-21)23(32)25-20(16-22(29)36-25)12-14-31-27(34)18-9-5-2-6-10-18/h1-10,15-16,26-27,30-31,33-34H,11-14H2. The maximum Gasteiger partial charge on any atom is 0.213 e. The second-order valence-electron chi connectivity index (χ2n) is 8.17. The fraction of sp³-hybridized carbons (Fsp3) is 0.222. The van der Waals surface area contributed by atoms with Gasteiger partial charge in [0.15, 0.2) is 0 Å². The molecule has 2 heterocycles. The summed E-state index contributed by atoms with van der Waals surface area (Å²) in [6, 6.07) is 22.8. The molecule has 0 fully saturated rings. The number of aliphatic hydroxyl groups is 2. The third-order valence-corrected chi connectivity index (χ3v) is 9.02. The summed E-state index contributed by atoms with van der Waals surface area (Å²) in [5, 5.41) is 27.0. The van der Waals surface area contributed by atoms with Crippen LogP contribution in [0.15, 0.2) is 80.4 Å². The van der Waals surface area contributed by atoms with Crippen LogP contribution < -0.4 is 10.6 Å². The number of nitrogens with one attached hydrogen (secondary N) is 2. The van der Waals surface area contributed by atoms with Gasteiger partial charge in [0.2, 0.25) is 5.78 Å². The molecule has 0 aliphatic rings. The molecule has 4 N–H and O–H groups in total. The van der Waals surface area contributed by atoms with Gasteiger partial charge in [-0.2, -0.15) is 0 Å². The second-order valence-corrected chi connectivity index (χ2v) is 13.0. The van der Waals surface area contributed by atoms with E-state index in [2.05, 4.69) is 42.5 Å². The first-order chi connectivity index (χ1) is 17.4. The molecule has 36 heavy (non-hydrogen) atoms. The second kappa shape index (κ2) is 13.2. The van der Waals surface area contributed by atoms with Crippen molar-refractivity contribution in [1.29, 1.82) is 0 Å². The van der Waals surface area contributed by atoms with E-state index in [0.29, 0.717) is 35.7 Å². The molecule has 0 aliphatic heterocycles. The van der Waals surface area contributed by atoms with E-state index in [-0.39, 0.29) is 5.78 Å². The third-order valence-electron chi connectivity index (χ3n) is 5.66. The zero-order valence-electron chi connectivity index (χ0n) is 19.3. The van der Waals surface area contributed by atoms with Crippen molar-refractivity contribution in [3.63, 3.8) is 0 Å².